The van der Waals surface area contributed by atoms with Gasteiger partial charge in [-0.3, -0.25) is 5.41 Å². The minimum Gasteiger partial charge on any atom is -0.384 e. The highest BCUT2D eigenvalue weighted by atomic mass is 15.2. The lowest BCUT2D eigenvalue weighted by Crippen LogP contribution is -2.25. The van der Waals surface area contributed by atoms with Gasteiger partial charge in [0.2, 0.25) is 0 Å². The van der Waals surface area contributed by atoms with Crippen molar-refractivity contribution in [3.05, 3.63) is 22.9 Å². The molecule has 2 aliphatic rings. The summed E-state index contributed by atoms with van der Waals surface area (Å²) < 4.78 is 0. The van der Waals surface area contributed by atoms with Gasteiger partial charge in [0.15, 0.2) is 0 Å². The first-order valence-corrected chi connectivity index (χ1v) is 6.38. The predicted octanol–water partition coefficient (Wildman–Crippen LogP) is 1.45. The molecule has 0 radical (unpaired) electrons. The Morgan fingerprint density at radius 1 is 1.24 bits per heavy atom. The third kappa shape index (κ3) is 1.77. The molecule has 0 bridgehead atoms. The molecule has 0 saturated carbocycles. The summed E-state index contributed by atoms with van der Waals surface area (Å²) in [5.41, 5.74) is 9.03. The summed E-state index contributed by atoms with van der Waals surface area (Å²) in [5.74, 6) is 1.09. The summed E-state index contributed by atoms with van der Waals surface area (Å²) in [6, 6.07) is 2.09. The molecule has 1 fully saturated rings. The lowest BCUT2D eigenvalue weighted by Gasteiger charge is -2.20. The van der Waals surface area contributed by atoms with Gasteiger partial charge in [0, 0.05) is 18.8 Å². The van der Waals surface area contributed by atoms with Crippen molar-refractivity contribution in [3.8, 4) is 0 Å². The van der Waals surface area contributed by atoms with Crippen molar-refractivity contribution < 1.29 is 0 Å². The van der Waals surface area contributed by atoms with Gasteiger partial charge in [0.25, 0.3) is 0 Å². The maximum atomic E-state index is 7.71. The summed E-state index contributed by atoms with van der Waals surface area (Å²) in [6.07, 6.45) is 5.78. The second kappa shape index (κ2) is 4.02. The molecule has 0 aromatic carbocycles. The molecule has 90 valence electrons. The Hall–Kier alpha value is -1.58. The van der Waals surface area contributed by atoms with Gasteiger partial charge in [0.05, 0.1) is 5.56 Å². The Labute approximate surface area is 101 Å². The molecule has 3 N–H and O–H groups in total. The van der Waals surface area contributed by atoms with Crippen molar-refractivity contribution in [2.45, 2.75) is 32.1 Å². The number of nitrogens with two attached hydrogens (primary N) is 1. The first kappa shape index (κ1) is 10.6. The normalized spacial score (nSPS) is 18.5. The number of nitrogens with one attached hydrogen (secondary N) is 1. The number of rotatable bonds is 2. The van der Waals surface area contributed by atoms with E-state index >= 15 is 0 Å². The molecule has 0 unspecified atom stereocenters. The number of amidine groups is 1. The van der Waals surface area contributed by atoms with Crippen LogP contribution in [0.1, 0.15) is 36.1 Å². The molecule has 0 amide bonds. The van der Waals surface area contributed by atoms with E-state index < -0.39 is 0 Å². The Morgan fingerprint density at radius 3 is 2.71 bits per heavy atom. The van der Waals surface area contributed by atoms with E-state index in [1.54, 1.807) is 0 Å². The molecule has 4 heteroatoms. The zero-order valence-electron chi connectivity index (χ0n) is 10.00. The van der Waals surface area contributed by atoms with E-state index in [2.05, 4.69) is 11.0 Å². The van der Waals surface area contributed by atoms with Crippen molar-refractivity contribution in [2.75, 3.05) is 18.0 Å². The van der Waals surface area contributed by atoms with Crippen LogP contribution in [0.15, 0.2) is 6.07 Å². The average Bonchev–Trinajstić information content (AvgIpc) is 2.98. The second-order valence-corrected chi connectivity index (χ2v) is 4.93. The van der Waals surface area contributed by atoms with E-state index in [-0.39, 0.29) is 5.84 Å². The van der Waals surface area contributed by atoms with Crippen LogP contribution in [0.2, 0.25) is 0 Å². The molecule has 1 aliphatic heterocycles. The monoisotopic (exact) mass is 230 g/mol. The van der Waals surface area contributed by atoms with Crippen molar-refractivity contribution in [3.63, 3.8) is 0 Å². The van der Waals surface area contributed by atoms with Gasteiger partial charge in [-0.15, -0.1) is 0 Å². The molecule has 1 saturated heterocycles. The lowest BCUT2D eigenvalue weighted by molar-refractivity contribution is 0.886. The summed E-state index contributed by atoms with van der Waals surface area (Å²) in [4.78, 5) is 7.03. The minimum atomic E-state index is 0.147. The van der Waals surface area contributed by atoms with Gasteiger partial charge in [-0.2, -0.15) is 0 Å². The number of hydrogen-bond donors (Lipinski definition) is 2. The van der Waals surface area contributed by atoms with E-state index in [4.69, 9.17) is 16.1 Å². The SMILES string of the molecule is N=C(N)c1cc2c(nc1N1CCCC1)CCC2. The standard InChI is InChI=1S/C13H18N4/c14-12(15)10-8-9-4-3-5-11(9)16-13(10)17-6-1-2-7-17/h8H,1-7H2,(H3,14,15). The van der Waals surface area contributed by atoms with Crippen LogP contribution in [-0.2, 0) is 12.8 Å². The van der Waals surface area contributed by atoms with Crippen LogP contribution in [0.25, 0.3) is 0 Å². The zero-order valence-corrected chi connectivity index (χ0v) is 10.00. The zero-order chi connectivity index (χ0) is 11.8. The van der Waals surface area contributed by atoms with Crippen LogP contribution in [0.5, 0.6) is 0 Å². The lowest BCUT2D eigenvalue weighted by atomic mass is 10.1. The topological polar surface area (TPSA) is 66.0 Å². The largest absolute Gasteiger partial charge is 0.384 e. The van der Waals surface area contributed by atoms with E-state index in [9.17, 15) is 0 Å². The van der Waals surface area contributed by atoms with Crippen molar-refractivity contribution in [2.24, 2.45) is 5.73 Å². The Balaban J connectivity index is 2.07. The number of fused-ring (bicyclic) bond motifs is 1. The molecule has 0 atom stereocenters. The first-order chi connectivity index (χ1) is 8.25. The highest BCUT2D eigenvalue weighted by Crippen LogP contribution is 2.28. The highest BCUT2D eigenvalue weighted by molar-refractivity contribution is 6.00. The maximum Gasteiger partial charge on any atom is 0.139 e. The van der Waals surface area contributed by atoms with Crippen molar-refractivity contribution >= 4 is 11.7 Å². The first-order valence-electron chi connectivity index (χ1n) is 6.38. The fraction of sp³-hybridized carbons (Fsp3) is 0.538. The van der Waals surface area contributed by atoms with Gasteiger partial charge >= 0.3 is 0 Å². The number of hydrogen-bond acceptors (Lipinski definition) is 3. The molecule has 1 aliphatic carbocycles. The number of aromatic nitrogens is 1. The number of anilines is 1. The van der Waals surface area contributed by atoms with E-state index in [0.717, 1.165) is 37.3 Å². The summed E-state index contributed by atoms with van der Waals surface area (Å²) in [5, 5.41) is 7.71. The predicted molar refractivity (Wildman–Crippen MR) is 68.7 cm³/mol. The van der Waals surface area contributed by atoms with Gasteiger partial charge in [-0.25, -0.2) is 4.98 Å². The Bertz CT molecular complexity index is 461. The van der Waals surface area contributed by atoms with E-state index in [0.29, 0.717) is 0 Å². The molecule has 0 spiro atoms. The van der Waals surface area contributed by atoms with Crippen LogP contribution in [0, 0.1) is 5.41 Å². The second-order valence-electron chi connectivity index (χ2n) is 4.93. The smallest absolute Gasteiger partial charge is 0.139 e. The molecule has 1 aromatic rings. The van der Waals surface area contributed by atoms with Crippen LogP contribution in [0.4, 0.5) is 5.82 Å². The van der Waals surface area contributed by atoms with Crippen molar-refractivity contribution in [1.82, 2.24) is 4.98 Å². The van der Waals surface area contributed by atoms with E-state index in [1.807, 2.05) is 0 Å². The fourth-order valence-corrected chi connectivity index (χ4v) is 2.83. The van der Waals surface area contributed by atoms with Gasteiger partial charge in [-0.1, -0.05) is 0 Å². The van der Waals surface area contributed by atoms with E-state index in [1.165, 1.54) is 30.5 Å². The number of nitrogen functional groups attached to an aromatic ring is 1. The average molecular weight is 230 g/mol. The molecule has 3 rings (SSSR count). The quantitative estimate of drug-likeness (QED) is 0.597. The van der Waals surface area contributed by atoms with Crippen LogP contribution < -0.4 is 10.6 Å². The van der Waals surface area contributed by atoms with Crippen molar-refractivity contribution in [1.29, 1.82) is 5.41 Å². The molecular formula is C13H18N4. The highest BCUT2D eigenvalue weighted by Gasteiger charge is 2.22. The number of pyridine rings is 1. The third-order valence-corrected chi connectivity index (χ3v) is 3.73. The molecule has 2 heterocycles. The molecule has 1 aromatic heterocycles. The fourth-order valence-electron chi connectivity index (χ4n) is 2.83. The molecule has 4 nitrogen and oxygen atoms in total. The summed E-state index contributed by atoms with van der Waals surface area (Å²) >= 11 is 0. The Morgan fingerprint density at radius 2 is 2.00 bits per heavy atom. The summed E-state index contributed by atoms with van der Waals surface area (Å²) in [7, 11) is 0. The molecular weight excluding hydrogens is 212 g/mol. The summed E-state index contributed by atoms with van der Waals surface area (Å²) in [6.45, 7) is 2.10. The molecule has 17 heavy (non-hydrogen) atoms. The van der Waals surface area contributed by atoms with Crippen LogP contribution in [0.3, 0.4) is 0 Å². The van der Waals surface area contributed by atoms with Crippen LogP contribution >= 0.6 is 0 Å². The Kier molecular flexibility index (Phi) is 2.50. The number of aryl methyl sites for hydroxylation is 2. The van der Waals surface area contributed by atoms with Gasteiger partial charge in [0.1, 0.15) is 11.7 Å². The van der Waals surface area contributed by atoms with Gasteiger partial charge in [-0.05, 0) is 43.7 Å². The maximum absolute atomic E-state index is 7.71. The van der Waals surface area contributed by atoms with Crippen LogP contribution in [-0.4, -0.2) is 23.9 Å². The van der Waals surface area contributed by atoms with Gasteiger partial charge < -0.3 is 10.6 Å². The number of nitrogens with zero attached hydrogens (tertiary/aromatic N) is 2. The minimum absolute atomic E-state index is 0.147. The third-order valence-electron chi connectivity index (χ3n) is 3.73.